The second-order valence-corrected chi connectivity index (χ2v) is 6.40. The Morgan fingerprint density at radius 3 is 2.86 bits per heavy atom. The maximum Gasteiger partial charge on any atom is 0.133 e. The van der Waals surface area contributed by atoms with E-state index in [9.17, 15) is 0 Å². The van der Waals surface area contributed by atoms with Gasteiger partial charge in [-0.25, -0.2) is 4.98 Å². The highest BCUT2D eigenvalue weighted by Gasteiger charge is 2.24. The predicted octanol–water partition coefficient (Wildman–Crippen LogP) is 3.71. The van der Waals surface area contributed by atoms with Crippen molar-refractivity contribution in [1.82, 2.24) is 4.98 Å². The van der Waals surface area contributed by atoms with Crippen LogP contribution in [0.2, 0.25) is 0 Å². The van der Waals surface area contributed by atoms with Gasteiger partial charge in [-0.15, -0.1) is 0 Å². The summed E-state index contributed by atoms with van der Waals surface area (Å²) in [5, 5.41) is 1.17. The van der Waals surface area contributed by atoms with Gasteiger partial charge in [-0.1, -0.05) is 38.0 Å². The average molecular weight is 283 g/mol. The molecule has 1 saturated carbocycles. The van der Waals surface area contributed by atoms with E-state index in [0.29, 0.717) is 12.6 Å². The first-order valence-corrected chi connectivity index (χ1v) is 8.00. The number of hydrogen-bond acceptors (Lipinski definition) is 3. The van der Waals surface area contributed by atoms with Gasteiger partial charge in [0.1, 0.15) is 5.82 Å². The number of anilines is 1. The Labute approximate surface area is 127 Å². The fourth-order valence-electron chi connectivity index (χ4n) is 3.53. The van der Waals surface area contributed by atoms with Crippen molar-refractivity contribution in [2.45, 2.75) is 45.2 Å². The van der Waals surface area contributed by atoms with E-state index >= 15 is 0 Å². The quantitative estimate of drug-likeness (QED) is 0.933. The molecule has 2 N–H and O–H groups in total. The topological polar surface area (TPSA) is 42.2 Å². The van der Waals surface area contributed by atoms with Crippen LogP contribution in [0.4, 0.5) is 5.82 Å². The van der Waals surface area contributed by atoms with Gasteiger partial charge >= 0.3 is 0 Å². The molecule has 2 atom stereocenters. The second-order valence-electron chi connectivity index (χ2n) is 6.40. The summed E-state index contributed by atoms with van der Waals surface area (Å²) in [5.74, 6) is 1.88. The molecule has 1 aromatic heterocycles. The molecule has 3 heteroatoms. The minimum absolute atomic E-state index is 0.541. The predicted molar refractivity (Wildman–Crippen MR) is 89.5 cm³/mol. The van der Waals surface area contributed by atoms with Crippen molar-refractivity contribution in [3.8, 4) is 0 Å². The zero-order valence-electron chi connectivity index (χ0n) is 13.0. The van der Waals surface area contributed by atoms with E-state index in [4.69, 9.17) is 10.7 Å². The largest absolute Gasteiger partial charge is 0.356 e. The Morgan fingerprint density at radius 1 is 1.29 bits per heavy atom. The monoisotopic (exact) mass is 283 g/mol. The third-order valence-corrected chi connectivity index (χ3v) is 4.79. The van der Waals surface area contributed by atoms with Gasteiger partial charge in [-0.05, 0) is 30.9 Å². The normalized spacial score (nSPS) is 22.4. The lowest BCUT2D eigenvalue weighted by Gasteiger charge is -2.35. The number of pyridine rings is 1. The third kappa shape index (κ3) is 2.88. The molecule has 0 bridgehead atoms. The SMILES string of the molecule is CC1CCCC(N(C)c2nc3ccccc3cc2CN)C1. The molecule has 2 aromatic rings. The molecule has 2 unspecified atom stereocenters. The summed E-state index contributed by atoms with van der Waals surface area (Å²) in [6.07, 6.45) is 5.20. The van der Waals surface area contributed by atoms with Gasteiger partial charge in [-0.3, -0.25) is 0 Å². The van der Waals surface area contributed by atoms with Crippen molar-refractivity contribution in [2.24, 2.45) is 11.7 Å². The fraction of sp³-hybridized carbons (Fsp3) is 0.500. The first-order chi connectivity index (χ1) is 10.2. The minimum Gasteiger partial charge on any atom is -0.356 e. The summed E-state index contributed by atoms with van der Waals surface area (Å²) in [6, 6.07) is 11.1. The van der Waals surface area contributed by atoms with Gasteiger partial charge in [0.15, 0.2) is 0 Å². The molecule has 1 aliphatic carbocycles. The number of hydrogen-bond donors (Lipinski definition) is 1. The number of nitrogens with zero attached hydrogens (tertiary/aromatic N) is 2. The molecule has 0 aliphatic heterocycles. The van der Waals surface area contributed by atoms with Crippen LogP contribution in [-0.4, -0.2) is 18.1 Å². The van der Waals surface area contributed by atoms with E-state index < -0.39 is 0 Å². The van der Waals surface area contributed by atoms with Crippen LogP contribution in [0.25, 0.3) is 10.9 Å². The Kier molecular flexibility index (Phi) is 4.11. The molecule has 0 radical (unpaired) electrons. The Balaban J connectivity index is 1.97. The van der Waals surface area contributed by atoms with E-state index in [0.717, 1.165) is 22.8 Å². The molecule has 3 rings (SSSR count). The number of benzene rings is 1. The van der Waals surface area contributed by atoms with E-state index in [1.807, 2.05) is 6.07 Å². The van der Waals surface area contributed by atoms with Gasteiger partial charge in [-0.2, -0.15) is 0 Å². The van der Waals surface area contributed by atoms with Crippen LogP contribution in [0.3, 0.4) is 0 Å². The van der Waals surface area contributed by atoms with Gasteiger partial charge in [0.05, 0.1) is 5.52 Å². The van der Waals surface area contributed by atoms with E-state index in [1.54, 1.807) is 0 Å². The molecular weight excluding hydrogens is 258 g/mol. The molecular formula is C18H25N3. The standard InChI is InChI=1S/C18H25N3/c1-13-6-5-8-16(10-13)21(2)18-15(12-19)11-14-7-3-4-9-17(14)20-18/h3-4,7,9,11,13,16H,5-6,8,10,12,19H2,1-2H3. The van der Waals surface area contributed by atoms with Crippen molar-refractivity contribution in [2.75, 3.05) is 11.9 Å². The molecule has 1 fully saturated rings. The number of aromatic nitrogens is 1. The van der Waals surface area contributed by atoms with Crippen molar-refractivity contribution in [3.05, 3.63) is 35.9 Å². The zero-order chi connectivity index (χ0) is 14.8. The molecule has 3 nitrogen and oxygen atoms in total. The smallest absolute Gasteiger partial charge is 0.133 e. The number of nitrogens with two attached hydrogens (primary N) is 1. The van der Waals surface area contributed by atoms with E-state index in [2.05, 4.69) is 43.1 Å². The van der Waals surface area contributed by atoms with Crippen LogP contribution in [0.5, 0.6) is 0 Å². The Hall–Kier alpha value is -1.61. The molecule has 1 aliphatic rings. The molecule has 1 heterocycles. The van der Waals surface area contributed by atoms with Crippen molar-refractivity contribution in [1.29, 1.82) is 0 Å². The highest BCUT2D eigenvalue weighted by Crippen LogP contribution is 2.31. The molecule has 1 aromatic carbocycles. The Bertz CT molecular complexity index is 623. The van der Waals surface area contributed by atoms with Gasteiger partial charge in [0.25, 0.3) is 0 Å². The van der Waals surface area contributed by atoms with Gasteiger partial charge < -0.3 is 10.6 Å². The first-order valence-electron chi connectivity index (χ1n) is 8.00. The first kappa shape index (κ1) is 14.3. The summed E-state index contributed by atoms with van der Waals surface area (Å²) >= 11 is 0. The van der Waals surface area contributed by atoms with E-state index in [1.165, 1.54) is 31.1 Å². The molecule has 112 valence electrons. The third-order valence-electron chi connectivity index (χ3n) is 4.79. The summed E-state index contributed by atoms with van der Waals surface area (Å²) in [4.78, 5) is 7.26. The number of rotatable bonds is 3. The van der Waals surface area contributed by atoms with Crippen LogP contribution in [0.15, 0.2) is 30.3 Å². The number of fused-ring (bicyclic) bond motifs is 1. The van der Waals surface area contributed by atoms with E-state index in [-0.39, 0.29) is 0 Å². The van der Waals surface area contributed by atoms with Crippen LogP contribution in [0.1, 0.15) is 38.2 Å². The lowest BCUT2D eigenvalue weighted by Crippen LogP contribution is -2.36. The summed E-state index contributed by atoms with van der Waals surface area (Å²) in [6.45, 7) is 2.90. The molecule has 21 heavy (non-hydrogen) atoms. The van der Waals surface area contributed by atoms with Crippen LogP contribution >= 0.6 is 0 Å². The highest BCUT2D eigenvalue weighted by atomic mass is 15.2. The second kappa shape index (κ2) is 6.02. The average Bonchev–Trinajstić information content (AvgIpc) is 2.53. The Morgan fingerprint density at radius 2 is 2.10 bits per heavy atom. The zero-order valence-corrected chi connectivity index (χ0v) is 13.0. The lowest BCUT2D eigenvalue weighted by molar-refractivity contribution is 0.335. The summed E-state index contributed by atoms with van der Waals surface area (Å²) in [5.41, 5.74) is 8.17. The maximum absolute atomic E-state index is 5.97. The van der Waals surface area contributed by atoms with Crippen LogP contribution in [0, 0.1) is 5.92 Å². The van der Waals surface area contributed by atoms with Gasteiger partial charge in [0.2, 0.25) is 0 Å². The summed E-state index contributed by atoms with van der Waals surface area (Å²) in [7, 11) is 2.18. The fourth-order valence-corrected chi connectivity index (χ4v) is 3.53. The summed E-state index contributed by atoms with van der Waals surface area (Å²) < 4.78 is 0. The minimum atomic E-state index is 0.541. The van der Waals surface area contributed by atoms with Gasteiger partial charge in [0, 0.05) is 30.6 Å². The molecule has 0 saturated heterocycles. The van der Waals surface area contributed by atoms with Crippen molar-refractivity contribution >= 4 is 16.7 Å². The number of para-hydroxylation sites is 1. The maximum atomic E-state index is 5.97. The lowest BCUT2D eigenvalue weighted by atomic mass is 9.86. The van der Waals surface area contributed by atoms with Crippen molar-refractivity contribution < 1.29 is 0 Å². The highest BCUT2D eigenvalue weighted by molar-refractivity contribution is 5.81. The molecule has 0 spiro atoms. The molecule has 0 amide bonds. The van der Waals surface area contributed by atoms with Crippen molar-refractivity contribution in [3.63, 3.8) is 0 Å². The van der Waals surface area contributed by atoms with Crippen LogP contribution < -0.4 is 10.6 Å². The van der Waals surface area contributed by atoms with Crippen LogP contribution in [-0.2, 0) is 6.54 Å².